The van der Waals surface area contributed by atoms with E-state index in [1.165, 1.54) is 0 Å². The number of furan rings is 1. The SMILES string of the molecule is CNC(=O)c1c(-c2ccc(C)cc2)oc2nc(CS(=O)(=O)NCCCC(=O)O)c(C3CC3)cc12. The molecule has 9 nitrogen and oxygen atoms in total. The zero-order valence-electron chi connectivity index (χ0n) is 19.1. The van der Waals surface area contributed by atoms with Crippen molar-refractivity contribution >= 4 is 33.0 Å². The lowest BCUT2D eigenvalue weighted by molar-refractivity contribution is -0.137. The Morgan fingerprint density at radius 1 is 1.21 bits per heavy atom. The predicted octanol–water partition coefficient (Wildman–Crippen LogP) is 3.32. The monoisotopic (exact) mass is 485 g/mol. The van der Waals surface area contributed by atoms with Crippen molar-refractivity contribution in [3.05, 3.63) is 52.7 Å². The van der Waals surface area contributed by atoms with E-state index in [2.05, 4.69) is 15.0 Å². The number of aryl methyl sites for hydroxylation is 1. The predicted molar refractivity (Wildman–Crippen MR) is 127 cm³/mol. The molecule has 0 atom stereocenters. The highest BCUT2D eigenvalue weighted by Crippen LogP contribution is 2.44. The lowest BCUT2D eigenvalue weighted by Gasteiger charge is -2.10. The Bertz CT molecular complexity index is 1340. The number of carbonyl (C=O) groups is 2. The van der Waals surface area contributed by atoms with Crippen LogP contribution >= 0.6 is 0 Å². The summed E-state index contributed by atoms with van der Waals surface area (Å²) in [5, 5.41) is 11.9. The van der Waals surface area contributed by atoms with Gasteiger partial charge in [0.1, 0.15) is 11.5 Å². The quantitative estimate of drug-likeness (QED) is 0.374. The van der Waals surface area contributed by atoms with Crippen LogP contribution in [0.2, 0.25) is 0 Å². The van der Waals surface area contributed by atoms with Crippen LogP contribution in [0.1, 0.15) is 58.8 Å². The third kappa shape index (κ3) is 5.28. The molecule has 0 spiro atoms. The van der Waals surface area contributed by atoms with Crippen LogP contribution in [0.3, 0.4) is 0 Å². The number of aromatic nitrogens is 1. The number of amides is 1. The molecule has 1 aliphatic carbocycles. The van der Waals surface area contributed by atoms with Crippen LogP contribution in [0.4, 0.5) is 0 Å². The number of aliphatic carboxylic acids is 1. The number of carboxylic acids is 1. The van der Waals surface area contributed by atoms with Gasteiger partial charge in [-0.3, -0.25) is 9.59 Å². The van der Waals surface area contributed by atoms with Crippen molar-refractivity contribution in [2.24, 2.45) is 0 Å². The molecule has 0 bridgehead atoms. The van der Waals surface area contributed by atoms with Crippen molar-refractivity contribution in [1.29, 1.82) is 0 Å². The van der Waals surface area contributed by atoms with E-state index in [9.17, 15) is 18.0 Å². The minimum atomic E-state index is -3.74. The lowest BCUT2D eigenvalue weighted by atomic mass is 10.0. The van der Waals surface area contributed by atoms with Crippen molar-refractivity contribution in [3.63, 3.8) is 0 Å². The van der Waals surface area contributed by atoms with Gasteiger partial charge in [-0.15, -0.1) is 0 Å². The number of nitrogens with zero attached hydrogens (tertiary/aromatic N) is 1. The van der Waals surface area contributed by atoms with E-state index in [0.29, 0.717) is 22.4 Å². The lowest BCUT2D eigenvalue weighted by Crippen LogP contribution is -2.27. The van der Waals surface area contributed by atoms with Gasteiger partial charge in [0.05, 0.1) is 16.6 Å². The van der Waals surface area contributed by atoms with E-state index in [0.717, 1.165) is 29.5 Å². The van der Waals surface area contributed by atoms with Gasteiger partial charge in [-0.1, -0.05) is 29.8 Å². The van der Waals surface area contributed by atoms with Gasteiger partial charge < -0.3 is 14.8 Å². The maximum atomic E-state index is 12.8. The fourth-order valence-corrected chi connectivity index (χ4v) is 5.04. The van der Waals surface area contributed by atoms with Crippen LogP contribution in [0, 0.1) is 6.92 Å². The summed E-state index contributed by atoms with van der Waals surface area (Å²) in [5.41, 5.74) is 3.55. The standard InChI is InChI=1S/C24H27N3O6S/c1-14-5-7-16(8-6-14)22-21(23(30)25-2)18-12-17(15-9-10-15)19(27-24(18)33-22)13-34(31,32)26-11-3-4-20(28)29/h5-8,12,15,26H,3-4,9-11,13H2,1-2H3,(H,25,30)(H,28,29). The third-order valence-electron chi connectivity index (χ3n) is 5.80. The molecule has 0 unspecified atom stereocenters. The second kappa shape index (κ2) is 9.55. The first-order valence-corrected chi connectivity index (χ1v) is 12.8. The highest BCUT2D eigenvalue weighted by atomic mass is 32.2. The number of benzene rings is 1. The summed E-state index contributed by atoms with van der Waals surface area (Å²) in [7, 11) is -2.19. The zero-order valence-corrected chi connectivity index (χ0v) is 19.9. The number of sulfonamides is 1. The van der Waals surface area contributed by atoms with Gasteiger partial charge in [-0.2, -0.15) is 0 Å². The summed E-state index contributed by atoms with van der Waals surface area (Å²) in [4.78, 5) is 28.0. The Hall–Kier alpha value is -3.24. The molecule has 2 heterocycles. The molecule has 0 saturated heterocycles. The van der Waals surface area contributed by atoms with Crippen LogP contribution in [-0.2, 0) is 20.6 Å². The fraction of sp³-hybridized carbons (Fsp3) is 0.375. The van der Waals surface area contributed by atoms with Gasteiger partial charge in [-0.25, -0.2) is 18.1 Å². The molecule has 10 heteroatoms. The molecule has 1 saturated carbocycles. The zero-order chi connectivity index (χ0) is 24.5. The molecule has 0 aliphatic heterocycles. The second-order valence-electron chi connectivity index (χ2n) is 8.55. The van der Waals surface area contributed by atoms with E-state index in [1.54, 1.807) is 7.05 Å². The van der Waals surface area contributed by atoms with Crippen molar-refractivity contribution < 1.29 is 27.5 Å². The number of rotatable bonds is 10. The van der Waals surface area contributed by atoms with Gasteiger partial charge in [-0.05, 0) is 43.7 Å². The van der Waals surface area contributed by atoms with Gasteiger partial charge in [0.2, 0.25) is 15.7 Å². The smallest absolute Gasteiger partial charge is 0.303 e. The minimum absolute atomic E-state index is 0.0365. The van der Waals surface area contributed by atoms with Crippen molar-refractivity contribution in [3.8, 4) is 11.3 Å². The van der Waals surface area contributed by atoms with Crippen LogP contribution in [0.25, 0.3) is 22.4 Å². The Kier molecular flexibility index (Phi) is 6.72. The Balaban J connectivity index is 1.74. The first kappa shape index (κ1) is 23.9. The first-order valence-electron chi connectivity index (χ1n) is 11.1. The van der Waals surface area contributed by atoms with Crippen LogP contribution < -0.4 is 10.0 Å². The molecular formula is C24H27N3O6S. The number of pyridine rings is 1. The first-order chi connectivity index (χ1) is 16.2. The van der Waals surface area contributed by atoms with Crippen LogP contribution in [0.5, 0.6) is 0 Å². The maximum absolute atomic E-state index is 12.8. The third-order valence-corrected chi connectivity index (χ3v) is 7.09. The Morgan fingerprint density at radius 2 is 1.91 bits per heavy atom. The number of nitrogens with one attached hydrogen (secondary N) is 2. The molecule has 1 aromatic carbocycles. The summed E-state index contributed by atoms with van der Waals surface area (Å²) < 4.78 is 33.8. The van der Waals surface area contributed by atoms with Crippen molar-refractivity contribution in [2.75, 3.05) is 13.6 Å². The largest absolute Gasteiger partial charge is 0.481 e. The molecule has 180 valence electrons. The van der Waals surface area contributed by atoms with E-state index in [4.69, 9.17) is 9.52 Å². The molecule has 3 aromatic rings. The van der Waals surface area contributed by atoms with E-state index in [1.807, 2.05) is 37.3 Å². The maximum Gasteiger partial charge on any atom is 0.303 e. The summed E-state index contributed by atoms with van der Waals surface area (Å²) in [5.74, 6) is -1.06. The molecule has 2 aromatic heterocycles. The van der Waals surface area contributed by atoms with Crippen LogP contribution in [0.15, 0.2) is 34.7 Å². The van der Waals surface area contributed by atoms with E-state index in [-0.39, 0.29) is 42.7 Å². The van der Waals surface area contributed by atoms with E-state index >= 15 is 0 Å². The number of carboxylic acid groups (broad SMARTS) is 1. The molecular weight excluding hydrogens is 458 g/mol. The fourth-order valence-electron chi connectivity index (χ4n) is 3.90. The van der Waals surface area contributed by atoms with Gasteiger partial charge in [0, 0.05) is 25.6 Å². The number of hydrogen-bond donors (Lipinski definition) is 3. The summed E-state index contributed by atoms with van der Waals surface area (Å²) >= 11 is 0. The molecule has 1 aliphatic rings. The molecule has 1 amide bonds. The molecule has 0 radical (unpaired) electrons. The normalized spacial score (nSPS) is 13.8. The number of fused-ring (bicyclic) bond motifs is 1. The summed E-state index contributed by atoms with van der Waals surface area (Å²) in [6, 6.07) is 9.42. The topological polar surface area (TPSA) is 139 Å². The van der Waals surface area contributed by atoms with Crippen molar-refractivity contribution in [2.45, 2.75) is 44.3 Å². The van der Waals surface area contributed by atoms with Crippen LogP contribution in [-0.4, -0.2) is 44.0 Å². The number of hydrogen-bond acceptors (Lipinski definition) is 6. The average Bonchev–Trinajstić information content (AvgIpc) is 3.56. The summed E-state index contributed by atoms with van der Waals surface area (Å²) in [6.45, 7) is 2.00. The Morgan fingerprint density at radius 3 is 2.53 bits per heavy atom. The molecule has 34 heavy (non-hydrogen) atoms. The molecule has 3 N–H and O–H groups in total. The van der Waals surface area contributed by atoms with Gasteiger partial charge in [0.15, 0.2) is 0 Å². The van der Waals surface area contributed by atoms with Gasteiger partial charge >= 0.3 is 5.97 Å². The Labute approximate surface area is 197 Å². The molecule has 1 fully saturated rings. The minimum Gasteiger partial charge on any atom is -0.481 e. The molecule has 4 rings (SSSR count). The van der Waals surface area contributed by atoms with Gasteiger partial charge in [0.25, 0.3) is 5.91 Å². The second-order valence-corrected chi connectivity index (χ2v) is 10.4. The van der Waals surface area contributed by atoms with E-state index < -0.39 is 16.0 Å². The highest BCUT2D eigenvalue weighted by molar-refractivity contribution is 7.88. The average molecular weight is 486 g/mol. The highest BCUT2D eigenvalue weighted by Gasteiger charge is 2.31. The van der Waals surface area contributed by atoms with Crippen molar-refractivity contribution in [1.82, 2.24) is 15.0 Å². The summed E-state index contributed by atoms with van der Waals surface area (Å²) in [6.07, 6.45) is 1.93. The number of carbonyl (C=O) groups excluding carboxylic acids is 1.